The van der Waals surface area contributed by atoms with Gasteiger partial charge in [-0.3, -0.25) is 4.79 Å². The van der Waals surface area contributed by atoms with Crippen molar-refractivity contribution in [2.75, 3.05) is 6.61 Å². The first-order valence-corrected chi connectivity index (χ1v) is 4.74. The normalized spacial score (nSPS) is 12.1. The van der Waals surface area contributed by atoms with E-state index in [0.29, 0.717) is 0 Å². The SMILES string of the molecule is CC(=O)COCc1nnnn1[C@@H](C)OC(=O)O. The second-order valence-electron chi connectivity index (χ2n) is 3.22. The lowest BCUT2D eigenvalue weighted by Crippen LogP contribution is -2.18. The Balaban J connectivity index is 2.58. The Labute approximate surface area is 96.3 Å². The summed E-state index contributed by atoms with van der Waals surface area (Å²) in [7, 11) is 0. The molecule has 17 heavy (non-hydrogen) atoms. The number of ether oxygens (including phenoxy) is 2. The summed E-state index contributed by atoms with van der Waals surface area (Å²) >= 11 is 0. The van der Waals surface area contributed by atoms with Gasteiger partial charge in [-0.1, -0.05) is 0 Å². The van der Waals surface area contributed by atoms with Gasteiger partial charge in [0.25, 0.3) is 0 Å². The Bertz CT molecular complexity index is 404. The largest absolute Gasteiger partial charge is 0.507 e. The van der Waals surface area contributed by atoms with Crippen molar-refractivity contribution in [1.29, 1.82) is 0 Å². The average molecular weight is 244 g/mol. The Morgan fingerprint density at radius 1 is 1.53 bits per heavy atom. The average Bonchev–Trinajstić information content (AvgIpc) is 2.64. The minimum absolute atomic E-state index is 0.000100. The quantitative estimate of drug-likeness (QED) is 0.694. The van der Waals surface area contributed by atoms with E-state index in [1.807, 2.05) is 0 Å². The molecule has 1 aromatic rings. The molecule has 0 amide bonds. The monoisotopic (exact) mass is 244 g/mol. The molecule has 0 unspecified atom stereocenters. The maximum Gasteiger partial charge on any atom is 0.507 e. The van der Waals surface area contributed by atoms with E-state index in [9.17, 15) is 9.59 Å². The van der Waals surface area contributed by atoms with Crippen LogP contribution in [0.15, 0.2) is 0 Å². The van der Waals surface area contributed by atoms with Gasteiger partial charge in [0.15, 0.2) is 17.8 Å². The lowest BCUT2D eigenvalue weighted by atomic mass is 10.5. The van der Waals surface area contributed by atoms with E-state index in [4.69, 9.17) is 9.84 Å². The van der Waals surface area contributed by atoms with E-state index in [1.165, 1.54) is 13.8 Å². The molecule has 0 aliphatic rings. The molecule has 9 heteroatoms. The summed E-state index contributed by atoms with van der Waals surface area (Å²) in [4.78, 5) is 21.0. The molecule has 0 saturated carbocycles. The van der Waals surface area contributed by atoms with E-state index in [2.05, 4.69) is 20.3 Å². The van der Waals surface area contributed by atoms with Gasteiger partial charge in [-0.05, 0) is 24.3 Å². The number of carbonyl (C=O) groups excluding carboxylic acids is 1. The van der Waals surface area contributed by atoms with Crippen LogP contribution < -0.4 is 0 Å². The zero-order chi connectivity index (χ0) is 12.8. The molecule has 0 spiro atoms. The van der Waals surface area contributed by atoms with Crippen LogP contribution >= 0.6 is 0 Å². The smallest absolute Gasteiger partial charge is 0.450 e. The second kappa shape index (κ2) is 5.89. The van der Waals surface area contributed by atoms with Crippen LogP contribution in [0.2, 0.25) is 0 Å². The van der Waals surface area contributed by atoms with Crippen molar-refractivity contribution >= 4 is 11.9 Å². The highest BCUT2D eigenvalue weighted by Crippen LogP contribution is 2.08. The molecule has 0 radical (unpaired) electrons. The highest BCUT2D eigenvalue weighted by atomic mass is 16.7. The van der Waals surface area contributed by atoms with Gasteiger partial charge < -0.3 is 14.6 Å². The number of nitrogens with zero attached hydrogens (tertiary/aromatic N) is 4. The lowest BCUT2D eigenvalue weighted by molar-refractivity contribution is -0.121. The Morgan fingerprint density at radius 3 is 2.82 bits per heavy atom. The number of aromatic nitrogens is 4. The molecule has 0 bridgehead atoms. The molecule has 94 valence electrons. The Hall–Kier alpha value is -2.03. The lowest BCUT2D eigenvalue weighted by Gasteiger charge is -2.11. The van der Waals surface area contributed by atoms with Crippen molar-refractivity contribution in [2.24, 2.45) is 0 Å². The van der Waals surface area contributed by atoms with Crippen molar-refractivity contribution in [3.8, 4) is 0 Å². The molecular formula is C8H12N4O5. The molecule has 0 saturated heterocycles. The molecule has 0 aliphatic carbocycles. The number of carboxylic acid groups (broad SMARTS) is 1. The molecule has 1 atom stereocenters. The van der Waals surface area contributed by atoms with Gasteiger partial charge in [-0.15, -0.1) is 5.10 Å². The topological polar surface area (TPSA) is 116 Å². The number of Topliss-reactive ketones (excluding diaryl/α,β-unsaturated/α-hetero) is 1. The summed E-state index contributed by atoms with van der Waals surface area (Å²) in [6, 6.07) is 0. The molecule has 1 heterocycles. The maximum absolute atomic E-state index is 10.7. The van der Waals surface area contributed by atoms with Crippen molar-refractivity contribution in [2.45, 2.75) is 26.7 Å². The first-order chi connectivity index (χ1) is 8.00. The third-order valence-corrected chi connectivity index (χ3v) is 1.71. The third-order valence-electron chi connectivity index (χ3n) is 1.71. The van der Waals surface area contributed by atoms with Gasteiger partial charge in [0.2, 0.25) is 0 Å². The summed E-state index contributed by atoms with van der Waals surface area (Å²) in [5.41, 5.74) is 0. The number of tetrazole rings is 1. The maximum atomic E-state index is 10.7. The van der Waals surface area contributed by atoms with Crippen LogP contribution in [0.3, 0.4) is 0 Å². The molecule has 0 aromatic carbocycles. The Kier molecular flexibility index (Phi) is 4.52. The van der Waals surface area contributed by atoms with E-state index >= 15 is 0 Å². The van der Waals surface area contributed by atoms with Gasteiger partial charge in [0, 0.05) is 0 Å². The predicted molar refractivity (Wildman–Crippen MR) is 52.0 cm³/mol. The van der Waals surface area contributed by atoms with Gasteiger partial charge in [-0.2, -0.15) is 4.68 Å². The summed E-state index contributed by atoms with van der Waals surface area (Å²) in [5.74, 6) is 0.152. The van der Waals surface area contributed by atoms with Crippen LogP contribution in [0.5, 0.6) is 0 Å². The third kappa shape index (κ3) is 4.15. The standard InChI is InChI=1S/C8H12N4O5/c1-5(13)3-16-4-7-9-10-11-12(7)6(2)17-8(14)15/h6H,3-4H2,1-2H3,(H,14,15)/t6-/m1/s1. The number of hydrogen-bond acceptors (Lipinski definition) is 7. The summed E-state index contributed by atoms with van der Waals surface area (Å²) < 4.78 is 10.7. The molecule has 0 aliphatic heterocycles. The van der Waals surface area contributed by atoms with Gasteiger partial charge in [-0.25, -0.2) is 4.79 Å². The number of ketones is 1. The van der Waals surface area contributed by atoms with Crippen LogP contribution in [-0.4, -0.2) is 43.9 Å². The second-order valence-corrected chi connectivity index (χ2v) is 3.22. The highest BCUT2D eigenvalue weighted by Gasteiger charge is 2.16. The van der Waals surface area contributed by atoms with E-state index in [1.54, 1.807) is 0 Å². The first-order valence-electron chi connectivity index (χ1n) is 4.74. The zero-order valence-corrected chi connectivity index (χ0v) is 9.36. The van der Waals surface area contributed by atoms with Crippen molar-refractivity contribution in [1.82, 2.24) is 20.2 Å². The molecular weight excluding hydrogens is 232 g/mol. The molecule has 1 aromatic heterocycles. The van der Waals surface area contributed by atoms with Crippen molar-refractivity contribution < 1.29 is 24.2 Å². The van der Waals surface area contributed by atoms with Crippen molar-refractivity contribution in [3.63, 3.8) is 0 Å². The van der Waals surface area contributed by atoms with Crippen LogP contribution in [0.25, 0.3) is 0 Å². The summed E-state index contributed by atoms with van der Waals surface area (Å²) in [6.45, 7) is 2.80. The van der Waals surface area contributed by atoms with Gasteiger partial charge in [0.05, 0.1) is 0 Å². The van der Waals surface area contributed by atoms with E-state index in [-0.39, 0.29) is 24.8 Å². The molecule has 1 rings (SSSR count). The fourth-order valence-electron chi connectivity index (χ4n) is 1.07. The van der Waals surface area contributed by atoms with Gasteiger partial charge in [0.1, 0.15) is 13.2 Å². The molecule has 1 N–H and O–H groups in total. The number of carbonyl (C=O) groups is 2. The number of hydrogen-bond donors (Lipinski definition) is 1. The highest BCUT2D eigenvalue weighted by molar-refractivity contribution is 5.76. The summed E-state index contributed by atoms with van der Waals surface area (Å²) in [6.07, 6.45) is -2.29. The molecule has 0 fully saturated rings. The van der Waals surface area contributed by atoms with Crippen LogP contribution in [0.4, 0.5) is 4.79 Å². The van der Waals surface area contributed by atoms with Crippen molar-refractivity contribution in [3.05, 3.63) is 5.82 Å². The zero-order valence-electron chi connectivity index (χ0n) is 9.36. The minimum Gasteiger partial charge on any atom is -0.450 e. The first kappa shape index (κ1) is 13.0. The Morgan fingerprint density at radius 2 is 2.24 bits per heavy atom. The van der Waals surface area contributed by atoms with Crippen LogP contribution in [0.1, 0.15) is 25.9 Å². The minimum atomic E-state index is -1.43. The summed E-state index contributed by atoms with van der Waals surface area (Å²) in [5, 5.41) is 19.0. The van der Waals surface area contributed by atoms with Crippen LogP contribution in [-0.2, 0) is 20.9 Å². The van der Waals surface area contributed by atoms with Gasteiger partial charge >= 0.3 is 6.16 Å². The fourth-order valence-corrected chi connectivity index (χ4v) is 1.07. The number of rotatable bonds is 6. The van der Waals surface area contributed by atoms with Crippen LogP contribution in [0, 0.1) is 0 Å². The van der Waals surface area contributed by atoms with E-state index in [0.717, 1.165) is 4.68 Å². The fraction of sp³-hybridized carbons (Fsp3) is 0.625. The van der Waals surface area contributed by atoms with E-state index < -0.39 is 12.4 Å². The molecule has 9 nitrogen and oxygen atoms in total. The predicted octanol–water partition coefficient (Wildman–Crippen LogP) is -0.00820.